The van der Waals surface area contributed by atoms with Crippen molar-refractivity contribution in [2.24, 2.45) is 0 Å². The van der Waals surface area contributed by atoms with Crippen molar-refractivity contribution in [2.45, 2.75) is 23.7 Å². The lowest BCUT2D eigenvalue weighted by Gasteiger charge is -2.31. The Morgan fingerprint density at radius 2 is 1.59 bits per heavy atom. The van der Waals surface area contributed by atoms with E-state index in [0.717, 1.165) is 24.1 Å². The van der Waals surface area contributed by atoms with Crippen LogP contribution in [0.4, 0.5) is 5.82 Å². The maximum absolute atomic E-state index is 13.1. The number of benzene rings is 2. The van der Waals surface area contributed by atoms with Gasteiger partial charge in [0.1, 0.15) is 5.82 Å². The summed E-state index contributed by atoms with van der Waals surface area (Å²) >= 11 is 0. The topological polar surface area (TPSA) is 102 Å². The fourth-order valence-corrected chi connectivity index (χ4v) is 5.68. The van der Waals surface area contributed by atoms with Crippen LogP contribution in [0.15, 0.2) is 77.7 Å². The molecule has 0 saturated carbocycles. The molecular weight excluding hydrogens is 422 g/mol. The number of anilines is 1. The molecular formula is C24H23N5O2S. The molecule has 1 fully saturated rings. The van der Waals surface area contributed by atoms with Crippen LogP contribution in [0.3, 0.4) is 0 Å². The summed E-state index contributed by atoms with van der Waals surface area (Å²) in [6.07, 6.45) is 1.64. The number of fused-ring (bicyclic) bond motifs is 1. The van der Waals surface area contributed by atoms with E-state index in [0.29, 0.717) is 40.7 Å². The maximum Gasteiger partial charge on any atom is 0.243 e. The molecule has 1 aliphatic rings. The average Bonchev–Trinajstić information content (AvgIpc) is 2.85. The van der Waals surface area contributed by atoms with Crippen molar-refractivity contribution in [1.29, 1.82) is 0 Å². The van der Waals surface area contributed by atoms with Crippen molar-refractivity contribution in [3.63, 3.8) is 0 Å². The smallest absolute Gasteiger partial charge is 0.243 e. The molecule has 0 spiro atoms. The van der Waals surface area contributed by atoms with Crippen LogP contribution in [0, 0.1) is 0 Å². The molecule has 2 N–H and O–H groups in total. The Bertz CT molecular complexity index is 1360. The molecule has 0 unspecified atom stereocenters. The summed E-state index contributed by atoms with van der Waals surface area (Å²) in [7, 11) is -3.53. The van der Waals surface area contributed by atoms with Gasteiger partial charge in [0.05, 0.1) is 10.3 Å². The van der Waals surface area contributed by atoms with Gasteiger partial charge in [-0.3, -0.25) is 0 Å². The van der Waals surface area contributed by atoms with Crippen molar-refractivity contribution in [2.75, 3.05) is 18.8 Å². The standard InChI is InChI=1S/C24H23N5O2S/c25-22-20-13-14-21(26-24(20)28-23(27-22)17-8-3-1-4-9-17)18-10-7-15-29(16-18)32(30,31)19-11-5-2-6-12-19/h1-6,8-9,11-14,18H,7,10,15-16H2,(H2,25,26,27,28)/t18-/m0/s1. The Kier molecular flexibility index (Phi) is 5.32. The summed E-state index contributed by atoms with van der Waals surface area (Å²) in [4.78, 5) is 14.2. The van der Waals surface area contributed by atoms with Crippen molar-refractivity contribution in [3.8, 4) is 11.4 Å². The third-order valence-electron chi connectivity index (χ3n) is 5.83. The van der Waals surface area contributed by atoms with E-state index in [1.54, 1.807) is 28.6 Å². The fraction of sp³-hybridized carbons (Fsp3) is 0.208. The van der Waals surface area contributed by atoms with E-state index < -0.39 is 10.0 Å². The van der Waals surface area contributed by atoms with E-state index in [9.17, 15) is 8.42 Å². The first kappa shape index (κ1) is 20.5. The van der Waals surface area contributed by atoms with Crippen LogP contribution in [0.2, 0.25) is 0 Å². The molecule has 162 valence electrons. The van der Waals surface area contributed by atoms with Crippen molar-refractivity contribution < 1.29 is 8.42 Å². The highest BCUT2D eigenvalue weighted by atomic mass is 32.2. The Morgan fingerprint density at radius 1 is 0.875 bits per heavy atom. The predicted molar refractivity (Wildman–Crippen MR) is 124 cm³/mol. The second-order valence-corrected chi connectivity index (χ2v) is 9.86. The number of nitrogen functional groups attached to an aromatic ring is 1. The van der Waals surface area contributed by atoms with E-state index in [4.69, 9.17) is 10.7 Å². The first-order valence-corrected chi connectivity index (χ1v) is 12.0. The zero-order valence-electron chi connectivity index (χ0n) is 17.4. The molecule has 3 heterocycles. The highest BCUT2D eigenvalue weighted by Gasteiger charge is 2.31. The lowest BCUT2D eigenvalue weighted by atomic mass is 9.95. The molecule has 1 saturated heterocycles. The Balaban J connectivity index is 1.48. The third kappa shape index (κ3) is 3.83. The van der Waals surface area contributed by atoms with Crippen LogP contribution in [0.1, 0.15) is 24.5 Å². The zero-order valence-corrected chi connectivity index (χ0v) is 18.2. The second-order valence-electron chi connectivity index (χ2n) is 7.92. The number of rotatable bonds is 4. The van der Waals surface area contributed by atoms with Crippen LogP contribution < -0.4 is 5.73 Å². The summed E-state index contributed by atoms with van der Waals surface area (Å²) in [6.45, 7) is 0.899. The highest BCUT2D eigenvalue weighted by Crippen LogP contribution is 2.31. The summed E-state index contributed by atoms with van der Waals surface area (Å²) in [5.41, 5.74) is 8.40. The summed E-state index contributed by atoms with van der Waals surface area (Å²) in [5, 5.41) is 0.693. The molecule has 0 amide bonds. The fourth-order valence-electron chi connectivity index (χ4n) is 4.14. The van der Waals surface area contributed by atoms with E-state index in [1.165, 1.54) is 0 Å². The highest BCUT2D eigenvalue weighted by molar-refractivity contribution is 7.89. The number of hydrogen-bond acceptors (Lipinski definition) is 6. The number of pyridine rings is 1. The molecule has 4 aromatic rings. The molecule has 0 bridgehead atoms. The molecule has 0 radical (unpaired) electrons. The van der Waals surface area contributed by atoms with Crippen LogP contribution in [-0.2, 0) is 10.0 Å². The summed E-state index contributed by atoms with van der Waals surface area (Å²) in [6, 6.07) is 22.0. The minimum atomic E-state index is -3.53. The molecule has 2 aromatic carbocycles. The van der Waals surface area contributed by atoms with Crippen molar-refractivity contribution in [1.82, 2.24) is 19.3 Å². The minimum absolute atomic E-state index is 0.0111. The number of sulfonamides is 1. The lowest BCUT2D eigenvalue weighted by molar-refractivity contribution is 0.313. The van der Waals surface area contributed by atoms with E-state index in [1.807, 2.05) is 48.5 Å². The van der Waals surface area contributed by atoms with E-state index in [2.05, 4.69) is 9.97 Å². The van der Waals surface area contributed by atoms with Crippen LogP contribution in [0.25, 0.3) is 22.4 Å². The second kappa shape index (κ2) is 8.29. The summed E-state index contributed by atoms with van der Waals surface area (Å²) in [5.74, 6) is 0.894. The van der Waals surface area contributed by atoms with Gasteiger partial charge in [0.2, 0.25) is 10.0 Å². The third-order valence-corrected chi connectivity index (χ3v) is 7.71. The first-order chi connectivity index (χ1) is 15.5. The Hall–Kier alpha value is -3.36. The number of aromatic nitrogens is 3. The van der Waals surface area contributed by atoms with Gasteiger partial charge in [0.15, 0.2) is 11.5 Å². The Morgan fingerprint density at radius 3 is 2.34 bits per heavy atom. The van der Waals surface area contributed by atoms with Gasteiger partial charge in [-0.25, -0.2) is 23.4 Å². The lowest BCUT2D eigenvalue weighted by Crippen LogP contribution is -2.39. The van der Waals surface area contributed by atoms with E-state index in [-0.39, 0.29) is 5.92 Å². The van der Waals surface area contributed by atoms with Gasteiger partial charge in [-0.1, -0.05) is 48.5 Å². The van der Waals surface area contributed by atoms with Crippen molar-refractivity contribution in [3.05, 3.63) is 78.5 Å². The largest absolute Gasteiger partial charge is 0.383 e. The molecule has 32 heavy (non-hydrogen) atoms. The monoisotopic (exact) mass is 445 g/mol. The van der Waals surface area contributed by atoms with Crippen LogP contribution in [-0.4, -0.2) is 40.8 Å². The average molecular weight is 446 g/mol. The summed E-state index contributed by atoms with van der Waals surface area (Å²) < 4.78 is 27.7. The van der Waals surface area contributed by atoms with Gasteiger partial charge in [0.25, 0.3) is 0 Å². The van der Waals surface area contributed by atoms with Crippen molar-refractivity contribution >= 4 is 26.9 Å². The Labute approximate surface area is 187 Å². The molecule has 7 nitrogen and oxygen atoms in total. The van der Waals surface area contributed by atoms with Gasteiger partial charge in [-0.05, 0) is 37.1 Å². The van der Waals surface area contributed by atoms with Crippen LogP contribution in [0.5, 0.6) is 0 Å². The first-order valence-electron chi connectivity index (χ1n) is 10.6. The normalized spacial score (nSPS) is 17.4. The SMILES string of the molecule is Nc1nc(-c2ccccc2)nc2nc([C@H]3CCCN(S(=O)(=O)c4ccccc4)C3)ccc12. The molecule has 1 aliphatic heterocycles. The van der Waals surface area contributed by atoms with E-state index >= 15 is 0 Å². The number of piperidine rings is 1. The predicted octanol–water partition coefficient (Wildman–Crippen LogP) is 3.84. The minimum Gasteiger partial charge on any atom is -0.383 e. The molecule has 5 rings (SSSR count). The van der Waals surface area contributed by atoms with Gasteiger partial charge in [-0.15, -0.1) is 0 Å². The number of nitrogens with two attached hydrogens (primary N) is 1. The zero-order chi connectivity index (χ0) is 22.1. The van der Waals surface area contributed by atoms with Gasteiger partial charge >= 0.3 is 0 Å². The molecule has 0 aliphatic carbocycles. The van der Waals surface area contributed by atoms with Gasteiger partial charge < -0.3 is 5.73 Å². The maximum atomic E-state index is 13.1. The van der Waals surface area contributed by atoms with Gasteiger partial charge in [0, 0.05) is 30.3 Å². The quantitative estimate of drug-likeness (QED) is 0.512. The molecule has 1 atom stereocenters. The number of hydrogen-bond donors (Lipinski definition) is 1. The van der Waals surface area contributed by atoms with Crippen LogP contribution >= 0.6 is 0 Å². The molecule has 2 aromatic heterocycles. The van der Waals surface area contributed by atoms with Gasteiger partial charge in [-0.2, -0.15) is 4.31 Å². The molecule has 8 heteroatoms. The number of nitrogens with zero attached hydrogens (tertiary/aromatic N) is 4.